The summed E-state index contributed by atoms with van der Waals surface area (Å²) in [5.41, 5.74) is -1.20. The maximum absolute atomic E-state index is 12.4. The Bertz CT molecular complexity index is 455. The minimum absolute atomic E-state index is 0.0183. The lowest BCUT2D eigenvalue weighted by molar-refractivity contribution is -0.137. The summed E-state index contributed by atoms with van der Waals surface area (Å²) in [5.74, 6) is 1.19. The van der Waals surface area contributed by atoms with E-state index >= 15 is 0 Å². The first-order valence-electron chi connectivity index (χ1n) is 4.15. The van der Waals surface area contributed by atoms with Gasteiger partial charge in [0, 0.05) is 5.56 Å². The van der Waals surface area contributed by atoms with Crippen molar-refractivity contribution in [2.75, 3.05) is 7.11 Å². The second kappa shape index (κ2) is 4.27. The van der Waals surface area contributed by atoms with E-state index in [-0.39, 0.29) is 11.1 Å². The van der Waals surface area contributed by atoms with E-state index in [9.17, 15) is 18.0 Å². The van der Waals surface area contributed by atoms with Crippen LogP contribution in [-0.2, 0) is 10.9 Å². The highest BCUT2D eigenvalue weighted by Crippen LogP contribution is 2.30. The van der Waals surface area contributed by atoms with E-state index in [1.54, 1.807) is 0 Å². The van der Waals surface area contributed by atoms with Crippen LogP contribution in [0.25, 0.3) is 0 Å². The highest BCUT2D eigenvalue weighted by atomic mass is 19.4. The summed E-state index contributed by atoms with van der Waals surface area (Å²) in [5, 5.41) is 0. The lowest BCUT2D eigenvalue weighted by Crippen LogP contribution is -2.09. The molecule has 0 fully saturated rings. The molecule has 16 heavy (non-hydrogen) atoms. The number of terminal acetylenes is 1. The SMILES string of the molecule is C#Cc1cc(C(=O)OC)cc(C(F)(F)F)c1. The van der Waals surface area contributed by atoms with Gasteiger partial charge in [-0.25, -0.2) is 4.79 Å². The Morgan fingerprint density at radius 1 is 1.38 bits per heavy atom. The Kier molecular flexibility index (Phi) is 3.23. The van der Waals surface area contributed by atoms with Gasteiger partial charge < -0.3 is 4.74 Å². The van der Waals surface area contributed by atoms with Crippen molar-refractivity contribution >= 4 is 5.97 Å². The van der Waals surface area contributed by atoms with Crippen LogP contribution < -0.4 is 0 Å². The smallest absolute Gasteiger partial charge is 0.416 e. The summed E-state index contributed by atoms with van der Waals surface area (Å²) in [4.78, 5) is 11.1. The molecule has 0 aliphatic carbocycles. The van der Waals surface area contributed by atoms with Gasteiger partial charge in [-0.3, -0.25) is 0 Å². The van der Waals surface area contributed by atoms with Crippen LogP contribution in [0.15, 0.2) is 18.2 Å². The summed E-state index contributed by atoms with van der Waals surface area (Å²) in [7, 11) is 1.08. The number of hydrogen-bond acceptors (Lipinski definition) is 2. The molecule has 0 aromatic heterocycles. The largest absolute Gasteiger partial charge is 0.465 e. The zero-order valence-electron chi connectivity index (χ0n) is 8.26. The summed E-state index contributed by atoms with van der Waals surface area (Å²) in [6.07, 6.45) is 0.457. The molecule has 0 unspecified atom stereocenters. The van der Waals surface area contributed by atoms with Crippen LogP contribution in [0.4, 0.5) is 13.2 Å². The third-order valence-electron chi connectivity index (χ3n) is 1.85. The van der Waals surface area contributed by atoms with E-state index in [4.69, 9.17) is 6.42 Å². The molecule has 0 saturated heterocycles. The van der Waals surface area contributed by atoms with Crippen molar-refractivity contribution < 1.29 is 22.7 Å². The average Bonchev–Trinajstić information content (AvgIpc) is 2.26. The lowest BCUT2D eigenvalue weighted by Gasteiger charge is -2.09. The Hall–Kier alpha value is -1.96. The molecule has 1 aromatic carbocycles. The molecule has 0 radical (unpaired) electrons. The standard InChI is InChI=1S/C11H7F3O2/c1-3-7-4-8(10(15)16-2)6-9(5-7)11(12,13)14/h1,4-6H,2H3. The number of esters is 1. The molecule has 0 N–H and O–H groups in total. The van der Waals surface area contributed by atoms with Crippen molar-refractivity contribution in [3.8, 4) is 12.3 Å². The molecule has 0 amide bonds. The normalized spacial score (nSPS) is 10.7. The van der Waals surface area contributed by atoms with Crippen LogP contribution in [-0.4, -0.2) is 13.1 Å². The number of ether oxygens (including phenoxy) is 1. The fraction of sp³-hybridized carbons (Fsp3) is 0.182. The zero-order chi connectivity index (χ0) is 12.3. The van der Waals surface area contributed by atoms with Crippen LogP contribution >= 0.6 is 0 Å². The van der Waals surface area contributed by atoms with Gasteiger partial charge in [0.1, 0.15) is 0 Å². The van der Waals surface area contributed by atoms with Crippen molar-refractivity contribution in [2.45, 2.75) is 6.18 Å². The van der Waals surface area contributed by atoms with Crippen LogP contribution in [0.3, 0.4) is 0 Å². The third kappa shape index (κ3) is 2.54. The van der Waals surface area contributed by atoms with Crippen molar-refractivity contribution in [1.82, 2.24) is 0 Å². The van der Waals surface area contributed by atoms with Crippen molar-refractivity contribution in [3.63, 3.8) is 0 Å². The molecule has 1 aromatic rings. The quantitative estimate of drug-likeness (QED) is 0.545. The van der Waals surface area contributed by atoms with Gasteiger partial charge in [-0.05, 0) is 18.2 Å². The van der Waals surface area contributed by atoms with Gasteiger partial charge in [-0.15, -0.1) is 6.42 Å². The summed E-state index contributed by atoms with van der Waals surface area (Å²) < 4.78 is 41.6. The topological polar surface area (TPSA) is 26.3 Å². The maximum Gasteiger partial charge on any atom is 0.416 e. The van der Waals surface area contributed by atoms with E-state index in [1.165, 1.54) is 6.07 Å². The molecule has 2 nitrogen and oxygen atoms in total. The monoisotopic (exact) mass is 228 g/mol. The van der Waals surface area contributed by atoms with E-state index in [0.29, 0.717) is 6.07 Å². The number of hydrogen-bond donors (Lipinski definition) is 0. The second-order valence-corrected chi connectivity index (χ2v) is 2.93. The molecule has 0 heterocycles. The first-order valence-corrected chi connectivity index (χ1v) is 4.15. The minimum Gasteiger partial charge on any atom is -0.465 e. The minimum atomic E-state index is -4.55. The molecule has 0 saturated carbocycles. The number of halogens is 3. The van der Waals surface area contributed by atoms with E-state index in [1.807, 2.05) is 0 Å². The lowest BCUT2D eigenvalue weighted by atomic mass is 10.1. The molecular formula is C11H7F3O2. The van der Waals surface area contributed by atoms with Crippen LogP contribution in [0.1, 0.15) is 21.5 Å². The summed E-state index contributed by atoms with van der Waals surface area (Å²) in [6, 6.07) is 2.67. The Labute approximate surface area is 90.0 Å². The van der Waals surface area contributed by atoms with Gasteiger partial charge in [-0.1, -0.05) is 5.92 Å². The molecule has 0 bridgehead atoms. The summed E-state index contributed by atoms with van der Waals surface area (Å²) in [6.45, 7) is 0. The van der Waals surface area contributed by atoms with Crippen molar-refractivity contribution in [1.29, 1.82) is 0 Å². The molecule has 0 aliphatic rings. The Balaban J connectivity index is 3.34. The predicted molar refractivity (Wildman–Crippen MR) is 50.7 cm³/mol. The van der Waals surface area contributed by atoms with Crippen molar-refractivity contribution in [2.24, 2.45) is 0 Å². The highest BCUT2D eigenvalue weighted by molar-refractivity contribution is 5.90. The first-order chi connectivity index (χ1) is 7.38. The van der Waals surface area contributed by atoms with Gasteiger partial charge in [0.05, 0.1) is 18.2 Å². The molecule has 5 heteroatoms. The molecule has 0 aliphatic heterocycles. The fourth-order valence-electron chi connectivity index (χ4n) is 1.11. The third-order valence-corrected chi connectivity index (χ3v) is 1.85. The second-order valence-electron chi connectivity index (χ2n) is 2.93. The average molecular weight is 228 g/mol. The maximum atomic E-state index is 12.4. The first kappa shape index (κ1) is 12.1. The van der Waals surface area contributed by atoms with Crippen LogP contribution in [0, 0.1) is 12.3 Å². The number of rotatable bonds is 1. The van der Waals surface area contributed by atoms with E-state index in [0.717, 1.165) is 13.2 Å². The predicted octanol–water partition coefficient (Wildman–Crippen LogP) is 2.47. The van der Waals surface area contributed by atoms with Gasteiger partial charge in [-0.2, -0.15) is 13.2 Å². The fourth-order valence-corrected chi connectivity index (χ4v) is 1.11. The molecule has 0 atom stereocenters. The molecule has 1 rings (SSSR count). The van der Waals surface area contributed by atoms with Gasteiger partial charge in [0.15, 0.2) is 0 Å². The number of carbonyl (C=O) groups excluding carboxylic acids is 1. The number of carbonyl (C=O) groups is 1. The van der Waals surface area contributed by atoms with Gasteiger partial charge in [0.25, 0.3) is 0 Å². The van der Waals surface area contributed by atoms with Crippen LogP contribution in [0.2, 0.25) is 0 Å². The van der Waals surface area contributed by atoms with Crippen molar-refractivity contribution in [3.05, 3.63) is 34.9 Å². The number of methoxy groups -OCH3 is 1. The van der Waals surface area contributed by atoms with E-state index in [2.05, 4.69) is 10.7 Å². The molecule has 0 spiro atoms. The highest BCUT2D eigenvalue weighted by Gasteiger charge is 2.31. The Morgan fingerprint density at radius 3 is 2.44 bits per heavy atom. The van der Waals surface area contributed by atoms with Gasteiger partial charge in [0.2, 0.25) is 0 Å². The number of benzene rings is 1. The molecule has 84 valence electrons. The Morgan fingerprint density at radius 2 is 2.00 bits per heavy atom. The van der Waals surface area contributed by atoms with E-state index < -0.39 is 17.7 Å². The molecular weight excluding hydrogens is 221 g/mol. The number of alkyl halides is 3. The summed E-state index contributed by atoms with van der Waals surface area (Å²) >= 11 is 0. The van der Waals surface area contributed by atoms with Gasteiger partial charge >= 0.3 is 12.1 Å². The zero-order valence-corrected chi connectivity index (χ0v) is 8.26. The van der Waals surface area contributed by atoms with Crippen LogP contribution in [0.5, 0.6) is 0 Å².